The first kappa shape index (κ1) is 19.6. The van der Waals surface area contributed by atoms with Gasteiger partial charge in [-0.1, -0.05) is 26.0 Å². The van der Waals surface area contributed by atoms with E-state index in [-0.39, 0.29) is 10.8 Å². The summed E-state index contributed by atoms with van der Waals surface area (Å²) in [5.41, 5.74) is 1.19. The van der Waals surface area contributed by atoms with Crippen LogP contribution in [0.1, 0.15) is 34.6 Å². The van der Waals surface area contributed by atoms with E-state index in [4.69, 9.17) is 0 Å². The highest BCUT2D eigenvalue weighted by molar-refractivity contribution is 7.89. The first-order valence-corrected chi connectivity index (χ1v) is 10.5. The molecule has 0 aliphatic heterocycles. The summed E-state index contributed by atoms with van der Waals surface area (Å²) >= 11 is 1.59. The van der Waals surface area contributed by atoms with Crippen LogP contribution in [0.4, 0.5) is 0 Å². The van der Waals surface area contributed by atoms with Gasteiger partial charge in [0.05, 0.1) is 11.4 Å². The molecule has 0 saturated carbocycles. The molecule has 5 nitrogen and oxygen atoms in total. The number of rotatable bonds is 7. The van der Waals surface area contributed by atoms with E-state index in [1.807, 2.05) is 24.4 Å². The maximum absolute atomic E-state index is 12.8. The van der Waals surface area contributed by atoms with Crippen LogP contribution in [0.5, 0.6) is 0 Å². The molecule has 7 heteroatoms. The number of carbonyl (C=O) groups excluding carboxylic acids is 1. The van der Waals surface area contributed by atoms with Gasteiger partial charge >= 0.3 is 0 Å². The number of sulfonamides is 1. The third-order valence-electron chi connectivity index (χ3n) is 4.10. The van der Waals surface area contributed by atoms with E-state index >= 15 is 0 Å². The summed E-state index contributed by atoms with van der Waals surface area (Å²) in [7, 11) is -1.86. The minimum Gasteiger partial charge on any atom is -0.337 e. The lowest BCUT2D eigenvalue weighted by Gasteiger charge is -2.21. The number of aryl methyl sites for hydroxylation is 1. The third-order valence-corrected chi connectivity index (χ3v) is 7.01. The second kappa shape index (κ2) is 8.12. The van der Waals surface area contributed by atoms with Crippen molar-refractivity contribution in [2.75, 3.05) is 20.1 Å². The van der Waals surface area contributed by atoms with Crippen molar-refractivity contribution in [3.05, 3.63) is 51.7 Å². The highest BCUT2D eigenvalue weighted by Crippen LogP contribution is 2.21. The van der Waals surface area contributed by atoms with Crippen LogP contribution in [0.3, 0.4) is 0 Å². The van der Waals surface area contributed by atoms with Crippen LogP contribution in [0.25, 0.3) is 0 Å². The number of nitrogens with zero attached hydrogens (tertiary/aromatic N) is 2. The van der Waals surface area contributed by atoms with Gasteiger partial charge in [-0.3, -0.25) is 4.79 Å². The van der Waals surface area contributed by atoms with Crippen molar-refractivity contribution in [3.8, 4) is 0 Å². The zero-order chi connectivity index (χ0) is 18.6. The third kappa shape index (κ3) is 4.29. The lowest BCUT2D eigenvalue weighted by atomic mass is 10.1. The largest absolute Gasteiger partial charge is 0.337 e. The van der Waals surface area contributed by atoms with Gasteiger partial charge in [0.2, 0.25) is 10.0 Å². The lowest BCUT2D eigenvalue weighted by Crippen LogP contribution is -2.31. The van der Waals surface area contributed by atoms with E-state index in [9.17, 15) is 13.2 Å². The van der Waals surface area contributed by atoms with Gasteiger partial charge in [0.15, 0.2) is 0 Å². The molecule has 0 atom stereocenters. The fourth-order valence-corrected chi connectivity index (χ4v) is 4.86. The highest BCUT2D eigenvalue weighted by atomic mass is 32.2. The lowest BCUT2D eigenvalue weighted by molar-refractivity contribution is 0.0785. The van der Waals surface area contributed by atoms with E-state index in [0.717, 1.165) is 10.4 Å². The molecule has 0 radical (unpaired) electrons. The number of hydrogen-bond acceptors (Lipinski definition) is 4. The predicted octanol–water partition coefficient (Wildman–Crippen LogP) is 3.36. The van der Waals surface area contributed by atoms with Gasteiger partial charge in [-0.25, -0.2) is 8.42 Å². The Bertz CT molecular complexity index is 826. The molecule has 136 valence electrons. The zero-order valence-corrected chi connectivity index (χ0v) is 16.7. The van der Waals surface area contributed by atoms with Crippen molar-refractivity contribution >= 4 is 27.3 Å². The number of benzene rings is 1. The Morgan fingerprint density at radius 3 is 2.40 bits per heavy atom. The summed E-state index contributed by atoms with van der Waals surface area (Å²) in [6.07, 6.45) is 0. The molecule has 0 aliphatic rings. The van der Waals surface area contributed by atoms with Crippen LogP contribution in [0.15, 0.2) is 40.6 Å². The molecule has 0 unspecified atom stereocenters. The second-order valence-electron chi connectivity index (χ2n) is 5.81. The average molecular weight is 381 g/mol. The second-order valence-corrected chi connectivity index (χ2v) is 8.78. The Balaban J connectivity index is 2.34. The molecule has 1 aromatic carbocycles. The minimum absolute atomic E-state index is 0.162. The molecular weight excluding hydrogens is 356 g/mol. The Labute approximate surface area is 153 Å². The first-order chi connectivity index (χ1) is 11.8. The summed E-state index contributed by atoms with van der Waals surface area (Å²) in [6.45, 7) is 6.72. The molecule has 0 saturated heterocycles. The van der Waals surface area contributed by atoms with Crippen molar-refractivity contribution in [3.63, 3.8) is 0 Å². The highest BCUT2D eigenvalue weighted by Gasteiger charge is 2.24. The minimum atomic E-state index is -3.58. The van der Waals surface area contributed by atoms with Gasteiger partial charge in [0, 0.05) is 30.6 Å². The Hall–Kier alpha value is -1.70. The van der Waals surface area contributed by atoms with Crippen LogP contribution < -0.4 is 0 Å². The summed E-state index contributed by atoms with van der Waals surface area (Å²) in [6, 6.07) is 8.68. The van der Waals surface area contributed by atoms with E-state index in [2.05, 4.69) is 0 Å². The van der Waals surface area contributed by atoms with Crippen molar-refractivity contribution in [1.82, 2.24) is 9.21 Å². The standard InChI is InChI=1S/C18H24N2O3S2/c1-5-20(6-2)25(22,23)16-10-9-14(3)17(12-16)18(21)19(4)13-15-8-7-11-24-15/h7-12H,5-6,13H2,1-4H3. The Morgan fingerprint density at radius 1 is 1.16 bits per heavy atom. The summed E-state index contributed by atoms with van der Waals surface area (Å²) in [5, 5.41) is 1.97. The normalized spacial score (nSPS) is 11.7. The quantitative estimate of drug-likeness (QED) is 0.740. The molecule has 25 heavy (non-hydrogen) atoms. The molecular formula is C18H24N2O3S2. The van der Waals surface area contributed by atoms with E-state index in [0.29, 0.717) is 25.2 Å². The van der Waals surface area contributed by atoms with Gasteiger partial charge in [0.1, 0.15) is 0 Å². The maximum atomic E-state index is 12.8. The smallest absolute Gasteiger partial charge is 0.254 e. The molecule has 2 rings (SSSR count). The molecule has 0 N–H and O–H groups in total. The van der Waals surface area contributed by atoms with Crippen molar-refractivity contribution in [2.45, 2.75) is 32.2 Å². The number of hydrogen-bond donors (Lipinski definition) is 0. The van der Waals surface area contributed by atoms with E-state index in [1.165, 1.54) is 10.4 Å². The van der Waals surface area contributed by atoms with Gasteiger partial charge in [-0.15, -0.1) is 11.3 Å². The van der Waals surface area contributed by atoms with Crippen LogP contribution in [-0.4, -0.2) is 43.7 Å². The van der Waals surface area contributed by atoms with Crippen molar-refractivity contribution in [1.29, 1.82) is 0 Å². The van der Waals surface area contributed by atoms with E-state index < -0.39 is 10.0 Å². The molecule has 1 heterocycles. The Kier molecular flexibility index (Phi) is 6.37. The van der Waals surface area contributed by atoms with Crippen LogP contribution in [0, 0.1) is 6.92 Å². The summed E-state index contributed by atoms with van der Waals surface area (Å²) < 4.78 is 26.8. The zero-order valence-electron chi connectivity index (χ0n) is 15.0. The van der Waals surface area contributed by atoms with Gasteiger partial charge < -0.3 is 4.90 Å². The molecule has 1 amide bonds. The number of thiophene rings is 1. The van der Waals surface area contributed by atoms with Gasteiger partial charge in [0.25, 0.3) is 5.91 Å². The number of carbonyl (C=O) groups is 1. The maximum Gasteiger partial charge on any atom is 0.254 e. The predicted molar refractivity (Wildman–Crippen MR) is 101 cm³/mol. The molecule has 1 aromatic heterocycles. The fraction of sp³-hybridized carbons (Fsp3) is 0.389. The summed E-state index contributed by atoms with van der Waals surface area (Å²) in [4.78, 5) is 15.7. The SMILES string of the molecule is CCN(CC)S(=O)(=O)c1ccc(C)c(C(=O)N(C)Cc2cccs2)c1. The molecule has 0 bridgehead atoms. The van der Waals surface area contributed by atoms with Gasteiger partial charge in [-0.2, -0.15) is 4.31 Å². The topological polar surface area (TPSA) is 57.7 Å². The monoisotopic (exact) mass is 380 g/mol. The van der Waals surface area contributed by atoms with Crippen molar-refractivity contribution in [2.24, 2.45) is 0 Å². The van der Waals surface area contributed by atoms with E-state index in [1.54, 1.807) is 49.3 Å². The molecule has 0 spiro atoms. The first-order valence-electron chi connectivity index (χ1n) is 8.19. The molecule has 2 aromatic rings. The van der Waals surface area contributed by atoms with Crippen LogP contribution in [0.2, 0.25) is 0 Å². The Morgan fingerprint density at radius 2 is 1.84 bits per heavy atom. The molecule has 0 aliphatic carbocycles. The fourth-order valence-electron chi connectivity index (χ4n) is 2.62. The number of amides is 1. The summed E-state index contributed by atoms with van der Waals surface area (Å²) in [5.74, 6) is -0.178. The van der Waals surface area contributed by atoms with Crippen LogP contribution in [-0.2, 0) is 16.6 Å². The van der Waals surface area contributed by atoms with Crippen LogP contribution >= 0.6 is 11.3 Å². The van der Waals surface area contributed by atoms with Crippen molar-refractivity contribution < 1.29 is 13.2 Å². The van der Waals surface area contributed by atoms with Gasteiger partial charge in [-0.05, 0) is 36.1 Å². The average Bonchev–Trinajstić information content (AvgIpc) is 3.08. The molecule has 0 fully saturated rings.